The lowest BCUT2D eigenvalue weighted by Crippen LogP contribution is -2.14. The van der Waals surface area contributed by atoms with E-state index in [1.807, 2.05) is 54.7 Å². The predicted molar refractivity (Wildman–Crippen MR) is 110 cm³/mol. The van der Waals surface area contributed by atoms with Gasteiger partial charge in [0, 0.05) is 30.3 Å². The molecule has 1 amide bonds. The largest absolute Gasteiger partial charge is 0.493 e. The van der Waals surface area contributed by atoms with E-state index in [2.05, 4.69) is 15.6 Å². The van der Waals surface area contributed by atoms with Crippen molar-refractivity contribution < 1.29 is 14.3 Å². The van der Waals surface area contributed by atoms with Gasteiger partial charge in [-0.3, -0.25) is 9.78 Å². The Labute approximate surface area is 164 Å². The summed E-state index contributed by atoms with van der Waals surface area (Å²) in [5.41, 5.74) is 3.68. The van der Waals surface area contributed by atoms with Crippen LogP contribution in [0.2, 0.25) is 0 Å². The fourth-order valence-corrected chi connectivity index (χ4v) is 2.76. The summed E-state index contributed by atoms with van der Waals surface area (Å²) in [6.45, 7) is 0.693. The van der Waals surface area contributed by atoms with Crippen molar-refractivity contribution in [3.63, 3.8) is 0 Å². The Bertz CT molecular complexity index is 912. The van der Waals surface area contributed by atoms with Crippen molar-refractivity contribution in [1.82, 2.24) is 4.98 Å². The number of nitrogens with zero attached hydrogens (tertiary/aromatic N) is 1. The second-order valence-corrected chi connectivity index (χ2v) is 6.21. The van der Waals surface area contributed by atoms with Gasteiger partial charge >= 0.3 is 0 Å². The molecule has 0 saturated carbocycles. The summed E-state index contributed by atoms with van der Waals surface area (Å²) in [5.74, 6) is 1.15. The molecular weight excluding hydrogens is 354 g/mol. The van der Waals surface area contributed by atoms with E-state index >= 15 is 0 Å². The number of methoxy groups -OCH3 is 2. The number of rotatable bonds is 8. The van der Waals surface area contributed by atoms with Crippen molar-refractivity contribution in [1.29, 1.82) is 0 Å². The van der Waals surface area contributed by atoms with E-state index in [-0.39, 0.29) is 12.3 Å². The van der Waals surface area contributed by atoms with E-state index in [1.54, 1.807) is 26.5 Å². The van der Waals surface area contributed by atoms with Gasteiger partial charge in [0.05, 0.1) is 20.6 Å². The topological polar surface area (TPSA) is 72.5 Å². The van der Waals surface area contributed by atoms with Gasteiger partial charge in [-0.2, -0.15) is 0 Å². The number of carbonyl (C=O) groups excluding carboxylic acids is 1. The van der Waals surface area contributed by atoms with Crippen LogP contribution < -0.4 is 20.1 Å². The maximum absolute atomic E-state index is 12.3. The van der Waals surface area contributed by atoms with E-state index in [9.17, 15) is 4.79 Å². The normalized spacial score (nSPS) is 10.2. The average Bonchev–Trinajstić information content (AvgIpc) is 2.74. The maximum atomic E-state index is 12.3. The summed E-state index contributed by atoms with van der Waals surface area (Å²) in [5, 5.41) is 6.24. The molecule has 3 aromatic rings. The van der Waals surface area contributed by atoms with Crippen molar-refractivity contribution in [3.8, 4) is 11.5 Å². The summed E-state index contributed by atoms with van der Waals surface area (Å²) in [6, 6.07) is 17.0. The monoisotopic (exact) mass is 377 g/mol. The summed E-state index contributed by atoms with van der Waals surface area (Å²) < 4.78 is 10.5. The molecule has 0 aliphatic rings. The third-order valence-corrected chi connectivity index (χ3v) is 4.20. The molecule has 1 heterocycles. The van der Waals surface area contributed by atoms with Crippen molar-refractivity contribution in [3.05, 3.63) is 78.1 Å². The van der Waals surface area contributed by atoms with Gasteiger partial charge in [-0.1, -0.05) is 12.1 Å². The van der Waals surface area contributed by atoms with Gasteiger partial charge in [0.15, 0.2) is 11.5 Å². The fourth-order valence-electron chi connectivity index (χ4n) is 2.76. The Morgan fingerprint density at radius 3 is 2.36 bits per heavy atom. The maximum Gasteiger partial charge on any atom is 0.228 e. The average molecular weight is 377 g/mol. The lowest BCUT2D eigenvalue weighted by molar-refractivity contribution is -0.115. The van der Waals surface area contributed by atoms with Crippen LogP contribution >= 0.6 is 0 Å². The molecule has 2 aromatic carbocycles. The number of carbonyl (C=O) groups is 1. The minimum atomic E-state index is -0.0942. The molecule has 0 aliphatic heterocycles. The van der Waals surface area contributed by atoms with Crippen LogP contribution in [0.4, 0.5) is 11.4 Å². The molecule has 2 N–H and O–H groups in total. The number of benzene rings is 2. The van der Waals surface area contributed by atoms with Gasteiger partial charge in [-0.05, 0) is 53.6 Å². The van der Waals surface area contributed by atoms with Crippen LogP contribution in [0.3, 0.4) is 0 Å². The minimum Gasteiger partial charge on any atom is -0.493 e. The van der Waals surface area contributed by atoms with E-state index < -0.39 is 0 Å². The Kier molecular flexibility index (Phi) is 6.46. The van der Waals surface area contributed by atoms with Crippen LogP contribution in [0.5, 0.6) is 11.5 Å². The molecule has 1 aromatic heterocycles. The first kappa shape index (κ1) is 19.2. The third-order valence-electron chi connectivity index (χ3n) is 4.20. The summed E-state index contributed by atoms with van der Waals surface area (Å²) in [6.07, 6.45) is 3.83. The highest BCUT2D eigenvalue weighted by molar-refractivity contribution is 5.92. The molecule has 0 saturated heterocycles. The second-order valence-electron chi connectivity index (χ2n) is 6.21. The van der Waals surface area contributed by atoms with Crippen molar-refractivity contribution in [2.24, 2.45) is 0 Å². The minimum absolute atomic E-state index is 0.0942. The molecule has 28 heavy (non-hydrogen) atoms. The van der Waals surface area contributed by atoms with Gasteiger partial charge < -0.3 is 20.1 Å². The van der Waals surface area contributed by atoms with Crippen LogP contribution in [0, 0.1) is 0 Å². The highest BCUT2D eigenvalue weighted by atomic mass is 16.5. The van der Waals surface area contributed by atoms with E-state index in [0.29, 0.717) is 18.0 Å². The second kappa shape index (κ2) is 9.41. The lowest BCUT2D eigenvalue weighted by atomic mass is 10.1. The molecule has 6 nitrogen and oxygen atoms in total. The fraction of sp³-hybridized carbons (Fsp3) is 0.182. The van der Waals surface area contributed by atoms with Crippen LogP contribution in [0.15, 0.2) is 67.0 Å². The number of hydrogen-bond donors (Lipinski definition) is 2. The Morgan fingerprint density at radius 2 is 1.68 bits per heavy atom. The zero-order valence-electron chi connectivity index (χ0n) is 15.9. The molecule has 6 heteroatoms. The molecule has 3 rings (SSSR count). The summed E-state index contributed by atoms with van der Waals surface area (Å²) in [4.78, 5) is 16.4. The van der Waals surface area contributed by atoms with Crippen LogP contribution in [0.1, 0.15) is 11.1 Å². The number of aromatic nitrogens is 1. The molecule has 0 radical (unpaired) electrons. The molecule has 0 aliphatic carbocycles. The molecular formula is C22H23N3O3. The SMILES string of the molecule is COc1ccc(CC(=O)Nc2ccc(NCc3cccnc3)cc2)cc1OC. The number of amides is 1. The summed E-state index contributed by atoms with van der Waals surface area (Å²) in [7, 11) is 3.16. The zero-order valence-corrected chi connectivity index (χ0v) is 15.9. The van der Waals surface area contributed by atoms with Gasteiger partial charge in [-0.25, -0.2) is 0 Å². The van der Waals surface area contributed by atoms with Crippen LogP contribution in [-0.2, 0) is 17.8 Å². The Morgan fingerprint density at radius 1 is 0.929 bits per heavy atom. The van der Waals surface area contributed by atoms with Crippen molar-refractivity contribution >= 4 is 17.3 Å². The van der Waals surface area contributed by atoms with Crippen molar-refractivity contribution in [2.45, 2.75) is 13.0 Å². The van der Waals surface area contributed by atoms with Crippen molar-refractivity contribution in [2.75, 3.05) is 24.9 Å². The molecule has 0 atom stereocenters. The first-order valence-electron chi connectivity index (χ1n) is 8.91. The Balaban J connectivity index is 1.54. The summed E-state index contributed by atoms with van der Waals surface area (Å²) >= 11 is 0. The number of anilines is 2. The zero-order chi connectivity index (χ0) is 19.8. The molecule has 0 bridgehead atoms. The third kappa shape index (κ3) is 5.23. The molecule has 0 fully saturated rings. The first-order chi connectivity index (χ1) is 13.7. The van der Waals surface area contributed by atoms with E-state index in [1.165, 1.54) is 0 Å². The molecule has 0 spiro atoms. The van der Waals surface area contributed by atoms with E-state index in [4.69, 9.17) is 9.47 Å². The highest BCUT2D eigenvalue weighted by Gasteiger charge is 2.09. The quantitative estimate of drug-likeness (QED) is 0.623. The van der Waals surface area contributed by atoms with Gasteiger partial charge in [0.1, 0.15) is 0 Å². The van der Waals surface area contributed by atoms with Crippen LogP contribution in [0.25, 0.3) is 0 Å². The first-order valence-corrected chi connectivity index (χ1v) is 8.91. The van der Waals surface area contributed by atoms with Gasteiger partial charge in [0.2, 0.25) is 5.91 Å². The molecule has 0 unspecified atom stereocenters. The highest BCUT2D eigenvalue weighted by Crippen LogP contribution is 2.27. The Hall–Kier alpha value is -3.54. The number of ether oxygens (including phenoxy) is 2. The standard InChI is InChI=1S/C22H23N3O3/c1-27-20-10-5-16(12-21(20)28-2)13-22(26)25-19-8-6-18(7-9-19)24-15-17-4-3-11-23-14-17/h3-12,14,24H,13,15H2,1-2H3,(H,25,26). The number of hydrogen-bond acceptors (Lipinski definition) is 5. The predicted octanol–water partition coefficient (Wildman–Crippen LogP) is 3.89. The smallest absolute Gasteiger partial charge is 0.228 e. The lowest BCUT2D eigenvalue weighted by Gasteiger charge is -2.11. The molecule has 144 valence electrons. The van der Waals surface area contributed by atoms with Crippen LogP contribution in [-0.4, -0.2) is 25.1 Å². The number of pyridine rings is 1. The van der Waals surface area contributed by atoms with Gasteiger partial charge in [0.25, 0.3) is 0 Å². The van der Waals surface area contributed by atoms with Gasteiger partial charge in [-0.15, -0.1) is 0 Å². The van der Waals surface area contributed by atoms with E-state index in [0.717, 1.165) is 22.5 Å². The number of nitrogens with one attached hydrogen (secondary N) is 2.